The molecule has 2 atom stereocenters. The van der Waals surface area contributed by atoms with Gasteiger partial charge in [0.1, 0.15) is 5.60 Å². The Morgan fingerprint density at radius 2 is 1.89 bits per heavy atom. The molecule has 38 heavy (non-hydrogen) atoms. The number of rotatable bonds is 4. The number of nitrogens with zero attached hydrogens (tertiary/aromatic N) is 3. The van der Waals surface area contributed by atoms with Crippen molar-refractivity contribution in [3.63, 3.8) is 0 Å². The fourth-order valence-electron chi connectivity index (χ4n) is 7.48. The number of anilines is 1. The van der Waals surface area contributed by atoms with E-state index < -0.39 is 5.60 Å². The van der Waals surface area contributed by atoms with E-state index in [0.717, 1.165) is 23.7 Å². The molecule has 1 amide bonds. The molecule has 1 aromatic carbocycles. The van der Waals surface area contributed by atoms with Crippen molar-refractivity contribution in [1.82, 2.24) is 19.8 Å². The molecule has 2 aromatic heterocycles. The van der Waals surface area contributed by atoms with E-state index in [-0.39, 0.29) is 18.2 Å². The van der Waals surface area contributed by atoms with Gasteiger partial charge >= 0.3 is 6.09 Å². The second-order valence-corrected chi connectivity index (χ2v) is 13.0. The molecule has 0 unspecified atom stereocenters. The van der Waals surface area contributed by atoms with Crippen LogP contribution in [0.15, 0.2) is 42.6 Å². The minimum Gasteiger partial charge on any atom is -0.444 e. The number of amides is 1. The van der Waals surface area contributed by atoms with Crippen LogP contribution in [0.25, 0.3) is 10.9 Å². The molecule has 2 aliphatic carbocycles. The van der Waals surface area contributed by atoms with Crippen LogP contribution in [0.3, 0.4) is 0 Å². The summed E-state index contributed by atoms with van der Waals surface area (Å²) in [4.78, 5) is 25.7. The molecular weight excluding hydrogens is 474 g/mol. The summed E-state index contributed by atoms with van der Waals surface area (Å²) >= 11 is 0. The lowest BCUT2D eigenvalue weighted by atomic mass is 9.51. The van der Waals surface area contributed by atoms with Crippen molar-refractivity contribution in [2.75, 3.05) is 18.4 Å². The molecule has 200 valence electrons. The monoisotopic (exact) mass is 513 g/mol. The summed E-state index contributed by atoms with van der Waals surface area (Å²) < 4.78 is 5.49. The molecule has 4 heterocycles. The first-order valence-electron chi connectivity index (χ1n) is 14.3. The highest BCUT2D eigenvalue weighted by Crippen LogP contribution is 2.61. The molecule has 7 rings (SSSR count). The highest BCUT2D eigenvalue weighted by Gasteiger charge is 2.61. The van der Waals surface area contributed by atoms with Gasteiger partial charge in [0, 0.05) is 41.3 Å². The average molecular weight is 514 g/mol. The largest absolute Gasteiger partial charge is 0.444 e. The Labute approximate surface area is 224 Å². The Bertz CT molecular complexity index is 1360. The van der Waals surface area contributed by atoms with E-state index in [2.05, 4.69) is 58.5 Å². The number of hydrogen-bond acceptors (Lipinski definition) is 5. The molecule has 7 heteroatoms. The first-order chi connectivity index (χ1) is 18.2. The zero-order chi connectivity index (χ0) is 26.2. The second-order valence-electron chi connectivity index (χ2n) is 13.0. The Balaban J connectivity index is 1.14. The summed E-state index contributed by atoms with van der Waals surface area (Å²) in [6.45, 7) is 9.41. The highest BCUT2D eigenvalue weighted by molar-refractivity contribution is 5.85. The molecular formula is C31H39N5O2. The molecule has 2 saturated carbocycles. The molecule has 0 bridgehead atoms. The number of hydrogen-bond donors (Lipinski definition) is 2. The molecule has 3 aromatic rings. The highest BCUT2D eigenvalue weighted by atomic mass is 16.6. The van der Waals surface area contributed by atoms with Crippen molar-refractivity contribution in [3.05, 3.63) is 59.5 Å². The average Bonchev–Trinajstić information content (AvgIpc) is 3.20. The Hall–Kier alpha value is -3.06. The van der Waals surface area contributed by atoms with Gasteiger partial charge < -0.3 is 19.9 Å². The van der Waals surface area contributed by atoms with E-state index in [4.69, 9.17) is 9.72 Å². The summed E-state index contributed by atoms with van der Waals surface area (Å²) in [6, 6.07) is 13.9. The van der Waals surface area contributed by atoms with Crippen LogP contribution in [0.2, 0.25) is 0 Å². The third-order valence-electron chi connectivity index (χ3n) is 9.47. The molecule has 4 aliphatic rings. The second kappa shape index (κ2) is 8.47. The summed E-state index contributed by atoms with van der Waals surface area (Å²) in [5, 5.41) is 4.91. The number of aromatic amines is 1. The number of aromatic nitrogens is 2. The Kier molecular flexibility index (Phi) is 5.35. The number of ether oxygens (including phenoxy) is 1. The predicted octanol–water partition coefficient (Wildman–Crippen LogP) is 5.87. The van der Waals surface area contributed by atoms with E-state index in [0.29, 0.717) is 24.7 Å². The van der Waals surface area contributed by atoms with Crippen LogP contribution in [0.1, 0.15) is 76.4 Å². The normalized spacial score (nSPS) is 29.1. The molecule has 0 spiro atoms. The standard InChI is InChI=1S/C31H39N5O2/c1-19-15-24-23-7-5-6-8-25(23)34-27(24)28(36(19)31-13-11-20(31)12-14-31)26-10-9-21(16-32-26)33-22-17-35(18-22)29(37)38-30(2,3)4/h5-10,16,19-20,22,28,33-34H,11-15,17-18H2,1-4H3/t19-,20?,28-,31?/m1/s1. The van der Waals surface area contributed by atoms with Crippen LogP contribution < -0.4 is 5.32 Å². The van der Waals surface area contributed by atoms with Gasteiger partial charge in [-0.1, -0.05) is 18.2 Å². The zero-order valence-corrected chi connectivity index (χ0v) is 23.0. The number of benzene rings is 1. The predicted molar refractivity (Wildman–Crippen MR) is 149 cm³/mol. The first-order valence-corrected chi connectivity index (χ1v) is 14.3. The molecule has 7 nitrogen and oxygen atoms in total. The van der Waals surface area contributed by atoms with Crippen LogP contribution in [-0.2, 0) is 11.2 Å². The number of para-hydroxylation sites is 1. The van der Waals surface area contributed by atoms with E-state index >= 15 is 0 Å². The zero-order valence-electron chi connectivity index (χ0n) is 23.0. The number of H-pyrrole nitrogens is 1. The lowest BCUT2D eigenvalue weighted by Gasteiger charge is -2.67. The van der Waals surface area contributed by atoms with Gasteiger partial charge in [-0.2, -0.15) is 0 Å². The lowest BCUT2D eigenvalue weighted by molar-refractivity contribution is -0.153. The van der Waals surface area contributed by atoms with Gasteiger partial charge in [-0.25, -0.2) is 4.79 Å². The lowest BCUT2D eigenvalue weighted by Crippen LogP contribution is -2.69. The minimum atomic E-state index is -0.469. The van der Waals surface area contributed by atoms with Crippen molar-refractivity contribution in [2.24, 2.45) is 5.92 Å². The van der Waals surface area contributed by atoms with E-state index in [1.807, 2.05) is 27.0 Å². The Morgan fingerprint density at radius 3 is 2.53 bits per heavy atom. The minimum absolute atomic E-state index is 0.143. The number of carbonyl (C=O) groups excluding carboxylic acids is 1. The molecule has 1 saturated heterocycles. The SMILES string of the molecule is C[C@@H]1Cc2c([nH]c3ccccc23)[C@@H](c2ccc(NC3CN(C(=O)OC(C)(C)C)C3)cn2)N1C12CCC1CC2. The first kappa shape index (κ1) is 24.0. The summed E-state index contributed by atoms with van der Waals surface area (Å²) in [5.41, 5.74) is 6.01. The van der Waals surface area contributed by atoms with Crippen LogP contribution in [0.5, 0.6) is 0 Å². The van der Waals surface area contributed by atoms with Crippen molar-refractivity contribution < 1.29 is 9.53 Å². The fourth-order valence-corrected chi connectivity index (χ4v) is 7.48. The fraction of sp³-hybridized carbons (Fsp3) is 0.548. The summed E-state index contributed by atoms with van der Waals surface area (Å²) in [7, 11) is 0. The van der Waals surface area contributed by atoms with Crippen molar-refractivity contribution in [2.45, 2.75) is 89.1 Å². The third kappa shape index (κ3) is 3.73. The maximum atomic E-state index is 12.3. The van der Waals surface area contributed by atoms with Crippen molar-refractivity contribution >= 4 is 22.7 Å². The maximum Gasteiger partial charge on any atom is 0.410 e. The summed E-state index contributed by atoms with van der Waals surface area (Å²) in [5.74, 6) is 0.839. The van der Waals surface area contributed by atoms with E-state index in [9.17, 15) is 4.79 Å². The van der Waals surface area contributed by atoms with Crippen molar-refractivity contribution in [1.29, 1.82) is 0 Å². The number of pyridine rings is 1. The quantitative estimate of drug-likeness (QED) is 0.456. The van der Waals surface area contributed by atoms with E-state index in [1.54, 1.807) is 4.90 Å². The number of carbonyl (C=O) groups is 1. The van der Waals surface area contributed by atoms with Gasteiger partial charge in [-0.05, 0) is 89.5 Å². The number of fused-ring (bicyclic) bond motifs is 4. The third-order valence-corrected chi connectivity index (χ3v) is 9.47. The summed E-state index contributed by atoms with van der Waals surface area (Å²) in [6.07, 6.45) is 8.17. The van der Waals surface area contributed by atoms with Gasteiger partial charge in [-0.3, -0.25) is 9.88 Å². The van der Waals surface area contributed by atoms with Gasteiger partial charge in [0.2, 0.25) is 0 Å². The van der Waals surface area contributed by atoms with E-state index in [1.165, 1.54) is 47.8 Å². The van der Waals surface area contributed by atoms with Gasteiger partial charge in [-0.15, -0.1) is 0 Å². The van der Waals surface area contributed by atoms with Crippen LogP contribution >= 0.6 is 0 Å². The molecule has 0 radical (unpaired) electrons. The number of nitrogens with one attached hydrogen (secondary N) is 2. The van der Waals surface area contributed by atoms with Crippen molar-refractivity contribution in [3.8, 4) is 0 Å². The molecule has 3 fully saturated rings. The topological polar surface area (TPSA) is 73.5 Å². The van der Waals surface area contributed by atoms with Gasteiger partial charge in [0.25, 0.3) is 0 Å². The Morgan fingerprint density at radius 1 is 1.13 bits per heavy atom. The number of likely N-dealkylation sites (tertiary alicyclic amines) is 1. The van der Waals surface area contributed by atoms with Gasteiger partial charge in [0.15, 0.2) is 0 Å². The van der Waals surface area contributed by atoms with Crippen LogP contribution in [0.4, 0.5) is 10.5 Å². The van der Waals surface area contributed by atoms with Crippen LogP contribution in [-0.4, -0.2) is 62.2 Å². The van der Waals surface area contributed by atoms with Crippen LogP contribution in [0, 0.1) is 5.92 Å². The van der Waals surface area contributed by atoms with Gasteiger partial charge in [0.05, 0.1) is 29.7 Å². The molecule has 2 N–H and O–H groups in total. The smallest absolute Gasteiger partial charge is 0.410 e. The maximum absolute atomic E-state index is 12.3. The molecule has 2 aliphatic heterocycles.